The number of nitrogens with one attached hydrogen (secondary N) is 1. The van der Waals surface area contributed by atoms with Crippen molar-refractivity contribution < 1.29 is 18.7 Å². The van der Waals surface area contributed by atoms with Crippen LogP contribution < -0.4 is 16.0 Å². The van der Waals surface area contributed by atoms with Gasteiger partial charge in [-0.3, -0.25) is 9.78 Å². The van der Waals surface area contributed by atoms with Gasteiger partial charge in [0, 0.05) is 36.6 Å². The summed E-state index contributed by atoms with van der Waals surface area (Å²) in [4.78, 5) is 23.0. The molecule has 4 N–H and O–H groups in total. The van der Waals surface area contributed by atoms with Crippen molar-refractivity contribution in [2.24, 2.45) is 11.7 Å². The monoisotopic (exact) mass is 445 g/mol. The van der Waals surface area contributed by atoms with Gasteiger partial charge in [0.2, 0.25) is 0 Å². The van der Waals surface area contributed by atoms with Gasteiger partial charge in [0.05, 0.1) is 29.2 Å². The van der Waals surface area contributed by atoms with Crippen LogP contribution in [0.5, 0.6) is 0 Å². The van der Waals surface area contributed by atoms with Gasteiger partial charge in [0.1, 0.15) is 22.3 Å². The molecular formula is C21H21F2N5O2S. The second-order valence-electron chi connectivity index (χ2n) is 7.52. The molecule has 0 bridgehead atoms. The molecule has 0 spiro atoms. The maximum absolute atomic E-state index is 14.0. The van der Waals surface area contributed by atoms with Crippen LogP contribution in [-0.2, 0) is 0 Å². The number of aromatic nitrogens is 2. The lowest BCUT2D eigenvalue weighted by atomic mass is 9.92. The number of benzene rings is 1. The smallest absolute Gasteiger partial charge is 0.275 e. The van der Waals surface area contributed by atoms with Crippen LogP contribution >= 0.6 is 11.3 Å². The summed E-state index contributed by atoms with van der Waals surface area (Å²) in [5.74, 6) is -2.05. The van der Waals surface area contributed by atoms with E-state index in [1.54, 1.807) is 12.3 Å². The van der Waals surface area contributed by atoms with Crippen molar-refractivity contribution in [3.8, 4) is 10.6 Å². The number of aliphatic hydroxyl groups excluding tert-OH is 1. The molecule has 0 radical (unpaired) electrons. The van der Waals surface area contributed by atoms with Crippen molar-refractivity contribution in [3.05, 3.63) is 59.4 Å². The Morgan fingerprint density at radius 3 is 2.74 bits per heavy atom. The highest BCUT2D eigenvalue weighted by Crippen LogP contribution is 2.31. The van der Waals surface area contributed by atoms with Gasteiger partial charge in [-0.05, 0) is 18.2 Å². The summed E-state index contributed by atoms with van der Waals surface area (Å²) < 4.78 is 28.1. The van der Waals surface area contributed by atoms with Crippen molar-refractivity contribution >= 4 is 28.6 Å². The third-order valence-electron chi connectivity index (χ3n) is 5.26. The van der Waals surface area contributed by atoms with Crippen molar-refractivity contribution in [3.63, 3.8) is 0 Å². The van der Waals surface area contributed by atoms with Crippen LogP contribution in [-0.4, -0.2) is 46.2 Å². The number of carbonyl (C=O) groups excluding carboxylic acids is 1. The summed E-state index contributed by atoms with van der Waals surface area (Å²) in [6.45, 7) is 2.90. The standard InChI is InChI=1S/C21H21F2N5O2S/c1-11-8-28(9-14(24)19(11)29)17-5-6-25-7-15(17)26-20(30)16-10-31-21(27-16)18-12(22)3-2-4-13(18)23/h2-7,10-11,14,19,29H,8-9,24H2,1H3,(H,26,30)/t11-,14-,19+/m1/s1. The lowest BCUT2D eigenvalue weighted by molar-refractivity contribution is 0.0785. The van der Waals surface area contributed by atoms with E-state index in [1.165, 1.54) is 17.6 Å². The number of piperidine rings is 1. The van der Waals surface area contributed by atoms with Crippen LogP contribution in [0.3, 0.4) is 0 Å². The van der Waals surface area contributed by atoms with E-state index < -0.39 is 29.7 Å². The molecule has 3 heterocycles. The van der Waals surface area contributed by atoms with Crippen molar-refractivity contribution in [1.82, 2.24) is 9.97 Å². The summed E-state index contributed by atoms with van der Waals surface area (Å²) in [7, 11) is 0. The predicted molar refractivity (Wildman–Crippen MR) is 115 cm³/mol. The van der Waals surface area contributed by atoms with Crippen LogP contribution in [0.25, 0.3) is 10.6 Å². The Morgan fingerprint density at radius 2 is 2.03 bits per heavy atom. The number of pyridine rings is 1. The van der Waals surface area contributed by atoms with Crippen molar-refractivity contribution in [2.75, 3.05) is 23.3 Å². The fourth-order valence-electron chi connectivity index (χ4n) is 3.65. The van der Waals surface area contributed by atoms with Gasteiger partial charge in [0.25, 0.3) is 5.91 Å². The van der Waals surface area contributed by atoms with Crippen LogP contribution in [0.2, 0.25) is 0 Å². The summed E-state index contributed by atoms with van der Waals surface area (Å²) in [5, 5.41) is 14.4. The Balaban J connectivity index is 1.56. The molecule has 0 saturated carbocycles. The molecule has 0 unspecified atom stereocenters. The molecule has 10 heteroatoms. The van der Waals surface area contributed by atoms with Gasteiger partial charge in [-0.2, -0.15) is 0 Å². The first kappa shape index (κ1) is 21.3. The molecule has 31 heavy (non-hydrogen) atoms. The molecule has 7 nitrogen and oxygen atoms in total. The molecule has 162 valence electrons. The average Bonchev–Trinajstić information content (AvgIpc) is 3.22. The fraction of sp³-hybridized carbons (Fsp3) is 0.286. The Morgan fingerprint density at radius 1 is 1.29 bits per heavy atom. The number of nitrogens with zero attached hydrogens (tertiary/aromatic N) is 3. The number of aliphatic hydroxyl groups is 1. The van der Waals surface area contributed by atoms with E-state index in [1.807, 2.05) is 11.8 Å². The van der Waals surface area contributed by atoms with Gasteiger partial charge in [0.15, 0.2) is 0 Å². The van der Waals surface area contributed by atoms with E-state index in [0.29, 0.717) is 24.5 Å². The highest BCUT2D eigenvalue weighted by Gasteiger charge is 2.32. The van der Waals surface area contributed by atoms with E-state index in [4.69, 9.17) is 5.73 Å². The number of thiazole rings is 1. The topological polar surface area (TPSA) is 104 Å². The zero-order chi connectivity index (χ0) is 22.1. The van der Waals surface area contributed by atoms with E-state index in [0.717, 1.165) is 23.5 Å². The zero-order valence-electron chi connectivity index (χ0n) is 16.6. The van der Waals surface area contributed by atoms with Gasteiger partial charge >= 0.3 is 0 Å². The Bertz CT molecular complexity index is 1080. The molecule has 4 rings (SSSR count). The summed E-state index contributed by atoms with van der Waals surface area (Å²) in [6, 6.07) is 4.89. The molecule has 1 amide bonds. The number of amides is 1. The maximum Gasteiger partial charge on any atom is 0.275 e. The highest BCUT2D eigenvalue weighted by molar-refractivity contribution is 7.13. The zero-order valence-corrected chi connectivity index (χ0v) is 17.4. The summed E-state index contributed by atoms with van der Waals surface area (Å²) in [6.07, 6.45) is 2.52. The summed E-state index contributed by atoms with van der Waals surface area (Å²) >= 11 is 0.981. The number of carbonyl (C=O) groups is 1. The maximum atomic E-state index is 14.0. The molecule has 1 aliphatic rings. The lowest BCUT2D eigenvalue weighted by Gasteiger charge is -2.40. The summed E-state index contributed by atoms with van der Waals surface area (Å²) in [5.41, 5.74) is 7.00. The number of hydrogen-bond donors (Lipinski definition) is 3. The largest absolute Gasteiger partial charge is 0.391 e. The second-order valence-corrected chi connectivity index (χ2v) is 8.38. The van der Waals surface area contributed by atoms with Crippen LogP contribution in [0.1, 0.15) is 17.4 Å². The lowest BCUT2D eigenvalue weighted by Crippen LogP contribution is -2.55. The molecule has 1 fully saturated rings. The minimum atomic E-state index is -0.742. The molecule has 1 aliphatic heterocycles. The molecule has 1 saturated heterocycles. The minimum Gasteiger partial charge on any atom is -0.391 e. The van der Waals surface area contributed by atoms with Crippen LogP contribution in [0.4, 0.5) is 20.2 Å². The quantitative estimate of drug-likeness (QED) is 0.571. The Labute approximate surface area is 181 Å². The first-order valence-electron chi connectivity index (χ1n) is 9.69. The van der Waals surface area contributed by atoms with Gasteiger partial charge < -0.3 is 21.1 Å². The molecule has 2 aromatic heterocycles. The minimum absolute atomic E-state index is 0.0385. The van der Waals surface area contributed by atoms with Crippen LogP contribution in [0, 0.1) is 17.6 Å². The molecule has 3 aromatic rings. The number of halogens is 2. The highest BCUT2D eigenvalue weighted by atomic mass is 32.1. The van der Waals surface area contributed by atoms with Gasteiger partial charge in [-0.15, -0.1) is 11.3 Å². The van der Waals surface area contributed by atoms with Gasteiger partial charge in [-0.1, -0.05) is 13.0 Å². The molecule has 3 atom stereocenters. The SMILES string of the molecule is C[C@@H]1CN(c2ccncc2NC(=O)c2csc(-c3c(F)cccc3F)n2)C[C@@H](N)[C@H]1O. The van der Waals surface area contributed by atoms with Crippen LogP contribution in [0.15, 0.2) is 42.0 Å². The predicted octanol–water partition coefficient (Wildman–Crippen LogP) is 2.88. The van der Waals surface area contributed by atoms with E-state index in [9.17, 15) is 18.7 Å². The number of rotatable bonds is 4. The number of anilines is 2. The molecule has 1 aromatic carbocycles. The first-order chi connectivity index (χ1) is 14.8. The number of nitrogens with two attached hydrogens (primary N) is 1. The van der Waals surface area contributed by atoms with E-state index >= 15 is 0 Å². The van der Waals surface area contributed by atoms with E-state index in [2.05, 4.69) is 15.3 Å². The fourth-order valence-corrected chi connectivity index (χ4v) is 4.50. The molecule has 0 aliphatic carbocycles. The first-order valence-corrected chi connectivity index (χ1v) is 10.6. The van der Waals surface area contributed by atoms with Gasteiger partial charge in [-0.25, -0.2) is 13.8 Å². The third-order valence-corrected chi connectivity index (χ3v) is 6.12. The average molecular weight is 445 g/mol. The Hall–Kier alpha value is -2.95. The normalized spacial score (nSPS) is 21.2. The second kappa shape index (κ2) is 8.66. The third kappa shape index (κ3) is 4.27. The van der Waals surface area contributed by atoms with E-state index in [-0.39, 0.29) is 22.2 Å². The van der Waals surface area contributed by atoms with Crippen molar-refractivity contribution in [1.29, 1.82) is 0 Å². The number of hydrogen-bond acceptors (Lipinski definition) is 7. The molecular weight excluding hydrogens is 424 g/mol. The van der Waals surface area contributed by atoms with Crippen molar-refractivity contribution in [2.45, 2.75) is 19.1 Å². The Kier molecular flexibility index (Phi) is 5.94.